The van der Waals surface area contributed by atoms with Crippen LogP contribution in [0.4, 0.5) is 0 Å². The maximum Gasteiger partial charge on any atom is 0.134 e. The monoisotopic (exact) mass is 282 g/mol. The molecular formula is C20H26O. The molecule has 0 amide bonds. The molecular weight excluding hydrogens is 256 g/mol. The van der Waals surface area contributed by atoms with Crippen LogP contribution in [0.2, 0.25) is 0 Å². The molecule has 0 N–H and O–H groups in total. The van der Waals surface area contributed by atoms with E-state index in [2.05, 4.69) is 45.9 Å². The van der Waals surface area contributed by atoms with Gasteiger partial charge in [0.15, 0.2) is 0 Å². The van der Waals surface area contributed by atoms with Gasteiger partial charge in [-0.05, 0) is 47.9 Å². The third kappa shape index (κ3) is 3.66. The number of ether oxygens (including phenoxy) is 1. The summed E-state index contributed by atoms with van der Waals surface area (Å²) in [5.41, 5.74) is 2.64. The Labute approximate surface area is 129 Å². The number of rotatable bonds is 6. The van der Waals surface area contributed by atoms with Gasteiger partial charge in [0.2, 0.25) is 0 Å². The van der Waals surface area contributed by atoms with Gasteiger partial charge >= 0.3 is 0 Å². The van der Waals surface area contributed by atoms with Gasteiger partial charge in [0.1, 0.15) is 11.5 Å². The van der Waals surface area contributed by atoms with Gasteiger partial charge in [0.05, 0.1) is 0 Å². The normalized spacial score (nSPS) is 13.7. The third-order valence-corrected chi connectivity index (χ3v) is 4.33. The molecule has 2 rings (SSSR count). The van der Waals surface area contributed by atoms with E-state index in [9.17, 15) is 0 Å². The van der Waals surface area contributed by atoms with Crippen LogP contribution in [0.1, 0.15) is 63.5 Å². The summed E-state index contributed by atoms with van der Waals surface area (Å²) in [6, 6.07) is 16.7. The van der Waals surface area contributed by atoms with Gasteiger partial charge in [0.25, 0.3) is 0 Å². The van der Waals surface area contributed by atoms with Crippen LogP contribution in [-0.4, -0.2) is 0 Å². The zero-order valence-corrected chi connectivity index (χ0v) is 13.6. The second kappa shape index (κ2) is 7.31. The van der Waals surface area contributed by atoms with Crippen molar-refractivity contribution in [1.82, 2.24) is 0 Å². The van der Waals surface area contributed by atoms with Crippen LogP contribution in [0.3, 0.4) is 0 Å². The quantitative estimate of drug-likeness (QED) is 0.587. The largest absolute Gasteiger partial charge is 0.457 e. The molecule has 1 nitrogen and oxygen atoms in total. The first-order chi connectivity index (χ1) is 10.2. The van der Waals surface area contributed by atoms with Crippen LogP contribution < -0.4 is 4.74 Å². The smallest absolute Gasteiger partial charge is 0.134 e. The molecule has 0 saturated carbocycles. The van der Waals surface area contributed by atoms with Crippen molar-refractivity contribution in [2.45, 2.75) is 52.4 Å². The van der Waals surface area contributed by atoms with Crippen LogP contribution in [0.5, 0.6) is 11.5 Å². The van der Waals surface area contributed by atoms with E-state index < -0.39 is 0 Å². The zero-order chi connectivity index (χ0) is 15.2. The SMILES string of the molecule is CCC(C)c1cccc(C(C)CC)c1Oc1ccccc1. The van der Waals surface area contributed by atoms with Gasteiger partial charge in [0, 0.05) is 0 Å². The van der Waals surface area contributed by atoms with Gasteiger partial charge in [-0.3, -0.25) is 0 Å². The van der Waals surface area contributed by atoms with Gasteiger partial charge in [-0.2, -0.15) is 0 Å². The highest BCUT2D eigenvalue weighted by atomic mass is 16.5. The van der Waals surface area contributed by atoms with E-state index in [1.165, 1.54) is 11.1 Å². The Hall–Kier alpha value is -1.76. The standard InChI is InChI=1S/C20H26O/c1-5-15(3)18-13-10-14-19(16(4)6-2)20(18)21-17-11-8-7-9-12-17/h7-16H,5-6H2,1-4H3. The van der Waals surface area contributed by atoms with Crippen molar-refractivity contribution in [1.29, 1.82) is 0 Å². The molecule has 0 spiro atoms. The Morgan fingerprint density at radius 3 is 1.76 bits per heavy atom. The molecule has 0 aliphatic carbocycles. The second-order valence-corrected chi connectivity index (χ2v) is 5.80. The highest BCUT2D eigenvalue weighted by Crippen LogP contribution is 2.39. The molecule has 0 aromatic heterocycles. The van der Waals surface area contributed by atoms with Crippen LogP contribution in [0.15, 0.2) is 48.5 Å². The lowest BCUT2D eigenvalue weighted by molar-refractivity contribution is 0.458. The predicted octanol–water partition coefficient (Wildman–Crippen LogP) is 6.51. The van der Waals surface area contributed by atoms with Crippen molar-refractivity contribution < 1.29 is 4.74 Å². The summed E-state index contributed by atoms with van der Waals surface area (Å²) in [4.78, 5) is 0. The topological polar surface area (TPSA) is 9.23 Å². The van der Waals surface area contributed by atoms with Crippen molar-refractivity contribution in [2.24, 2.45) is 0 Å². The van der Waals surface area contributed by atoms with E-state index >= 15 is 0 Å². The van der Waals surface area contributed by atoms with E-state index in [0.717, 1.165) is 24.3 Å². The summed E-state index contributed by atoms with van der Waals surface area (Å²) in [5.74, 6) is 2.99. The fourth-order valence-corrected chi connectivity index (χ4v) is 2.51. The summed E-state index contributed by atoms with van der Waals surface area (Å²) in [6.07, 6.45) is 2.24. The molecule has 0 aliphatic rings. The number of benzene rings is 2. The fraction of sp³-hybridized carbons (Fsp3) is 0.400. The summed E-state index contributed by atoms with van der Waals surface area (Å²) < 4.78 is 6.29. The molecule has 2 atom stereocenters. The Kier molecular flexibility index (Phi) is 5.44. The Morgan fingerprint density at radius 2 is 1.29 bits per heavy atom. The van der Waals surface area contributed by atoms with Crippen molar-refractivity contribution >= 4 is 0 Å². The summed E-state index contributed by atoms with van der Waals surface area (Å²) >= 11 is 0. The highest BCUT2D eigenvalue weighted by Gasteiger charge is 2.18. The summed E-state index contributed by atoms with van der Waals surface area (Å²) in [7, 11) is 0. The maximum atomic E-state index is 6.29. The van der Waals surface area contributed by atoms with E-state index in [1.54, 1.807) is 0 Å². The van der Waals surface area contributed by atoms with E-state index in [-0.39, 0.29) is 0 Å². The molecule has 2 unspecified atom stereocenters. The van der Waals surface area contributed by atoms with Crippen LogP contribution >= 0.6 is 0 Å². The number of hydrogen-bond acceptors (Lipinski definition) is 1. The molecule has 0 radical (unpaired) electrons. The lowest BCUT2D eigenvalue weighted by atomic mass is 9.90. The Morgan fingerprint density at radius 1 is 0.762 bits per heavy atom. The fourth-order valence-electron chi connectivity index (χ4n) is 2.51. The van der Waals surface area contributed by atoms with Crippen molar-refractivity contribution in [3.05, 3.63) is 59.7 Å². The van der Waals surface area contributed by atoms with Gasteiger partial charge in [-0.25, -0.2) is 0 Å². The second-order valence-electron chi connectivity index (χ2n) is 5.80. The van der Waals surface area contributed by atoms with Gasteiger partial charge < -0.3 is 4.74 Å². The van der Waals surface area contributed by atoms with E-state index in [0.29, 0.717) is 11.8 Å². The summed E-state index contributed by atoms with van der Waals surface area (Å²) in [6.45, 7) is 9.00. The lowest BCUT2D eigenvalue weighted by Gasteiger charge is -2.21. The van der Waals surface area contributed by atoms with Gasteiger partial charge in [-0.1, -0.05) is 64.1 Å². The first-order valence-electron chi connectivity index (χ1n) is 8.03. The van der Waals surface area contributed by atoms with Gasteiger partial charge in [-0.15, -0.1) is 0 Å². The summed E-state index contributed by atoms with van der Waals surface area (Å²) in [5, 5.41) is 0. The van der Waals surface area contributed by atoms with Crippen molar-refractivity contribution in [2.75, 3.05) is 0 Å². The molecule has 0 bridgehead atoms. The molecule has 21 heavy (non-hydrogen) atoms. The average molecular weight is 282 g/mol. The molecule has 0 aliphatic heterocycles. The first-order valence-corrected chi connectivity index (χ1v) is 8.03. The van der Waals surface area contributed by atoms with E-state index in [4.69, 9.17) is 4.74 Å². The minimum Gasteiger partial charge on any atom is -0.457 e. The van der Waals surface area contributed by atoms with Crippen LogP contribution in [0.25, 0.3) is 0 Å². The Bertz CT molecular complexity index is 531. The number of para-hydroxylation sites is 2. The van der Waals surface area contributed by atoms with Crippen LogP contribution in [0, 0.1) is 0 Å². The molecule has 0 saturated heterocycles. The van der Waals surface area contributed by atoms with Crippen LogP contribution in [-0.2, 0) is 0 Å². The van der Waals surface area contributed by atoms with Crippen molar-refractivity contribution in [3.63, 3.8) is 0 Å². The molecule has 1 heteroatoms. The zero-order valence-electron chi connectivity index (χ0n) is 13.6. The minimum atomic E-state index is 0.507. The first kappa shape index (κ1) is 15.6. The number of hydrogen-bond donors (Lipinski definition) is 0. The third-order valence-electron chi connectivity index (χ3n) is 4.33. The minimum absolute atomic E-state index is 0.507. The molecule has 112 valence electrons. The molecule has 0 fully saturated rings. The molecule has 2 aromatic rings. The molecule has 0 heterocycles. The maximum absolute atomic E-state index is 6.29. The van der Waals surface area contributed by atoms with E-state index in [1.807, 2.05) is 30.3 Å². The Balaban J connectivity index is 2.47. The lowest BCUT2D eigenvalue weighted by Crippen LogP contribution is -2.02. The average Bonchev–Trinajstić information content (AvgIpc) is 2.54. The predicted molar refractivity (Wildman–Crippen MR) is 90.4 cm³/mol. The molecule has 2 aromatic carbocycles. The van der Waals surface area contributed by atoms with Crippen molar-refractivity contribution in [3.8, 4) is 11.5 Å². The highest BCUT2D eigenvalue weighted by molar-refractivity contribution is 5.47.